The molecule has 0 aromatic heterocycles. The Morgan fingerprint density at radius 2 is 2.05 bits per heavy atom. The average molecular weight is 289 g/mol. The lowest BCUT2D eigenvalue weighted by molar-refractivity contribution is -0.384. The van der Waals surface area contributed by atoms with Crippen LogP contribution in [0.3, 0.4) is 0 Å². The fourth-order valence-corrected chi connectivity index (χ4v) is 3.81. The number of hydrogen-bond acceptors (Lipinski definition) is 4. The van der Waals surface area contributed by atoms with Crippen LogP contribution in [0.25, 0.3) is 0 Å². The van der Waals surface area contributed by atoms with Crippen molar-refractivity contribution >= 4 is 17.1 Å². The number of benzene rings is 1. The molecule has 2 aliphatic rings. The predicted octanol–water partition coefficient (Wildman–Crippen LogP) is 4.02. The fourth-order valence-electron chi connectivity index (χ4n) is 3.81. The van der Waals surface area contributed by atoms with Gasteiger partial charge < -0.3 is 10.6 Å². The van der Waals surface area contributed by atoms with Gasteiger partial charge in [-0.25, -0.2) is 0 Å². The molecule has 2 N–H and O–H groups in total. The molecule has 5 heteroatoms. The van der Waals surface area contributed by atoms with E-state index in [1.165, 1.54) is 25.7 Å². The molecule has 3 atom stereocenters. The minimum Gasteiger partial charge on any atom is -0.385 e. The fraction of sp³-hybridized carbons (Fsp3) is 0.625. The van der Waals surface area contributed by atoms with Crippen molar-refractivity contribution < 1.29 is 4.92 Å². The van der Waals surface area contributed by atoms with E-state index in [0.717, 1.165) is 36.2 Å². The maximum absolute atomic E-state index is 11.1. The third-order valence-electron chi connectivity index (χ3n) is 4.80. The first-order chi connectivity index (χ1) is 10.2. The molecule has 1 aromatic rings. The summed E-state index contributed by atoms with van der Waals surface area (Å²) in [4.78, 5) is 10.8. The van der Waals surface area contributed by atoms with Gasteiger partial charge in [0.1, 0.15) is 0 Å². The first kappa shape index (κ1) is 14.2. The molecule has 2 bridgehead atoms. The highest BCUT2D eigenvalue weighted by molar-refractivity contribution is 5.63. The number of nitrogens with zero attached hydrogens (tertiary/aromatic N) is 1. The van der Waals surface area contributed by atoms with Crippen molar-refractivity contribution in [1.29, 1.82) is 0 Å². The van der Waals surface area contributed by atoms with Gasteiger partial charge in [0.25, 0.3) is 5.69 Å². The first-order valence-corrected chi connectivity index (χ1v) is 7.95. The van der Waals surface area contributed by atoms with Crippen molar-refractivity contribution in [1.82, 2.24) is 0 Å². The highest BCUT2D eigenvalue weighted by Crippen LogP contribution is 2.45. The van der Waals surface area contributed by atoms with Gasteiger partial charge in [-0.05, 0) is 43.6 Å². The normalized spacial score (nSPS) is 26.8. The van der Waals surface area contributed by atoms with Crippen molar-refractivity contribution in [3.63, 3.8) is 0 Å². The van der Waals surface area contributed by atoms with Crippen LogP contribution in [-0.2, 0) is 0 Å². The van der Waals surface area contributed by atoms with Crippen LogP contribution in [0.15, 0.2) is 18.2 Å². The molecule has 3 rings (SSSR count). The molecule has 2 fully saturated rings. The van der Waals surface area contributed by atoms with Crippen molar-refractivity contribution in [2.45, 2.75) is 45.1 Å². The Hall–Kier alpha value is -1.78. The van der Waals surface area contributed by atoms with Crippen molar-refractivity contribution in [2.24, 2.45) is 11.8 Å². The summed E-state index contributed by atoms with van der Waals surface area (Å²) < 4.78 is 0. The van der Waals surface area contributed by atoms with Crippen molar-refractivity contribution in [3.05, 3.63) is 28.3 Å². The SMILES string of the molecule is CCCNc1cc(NC2CC3CCC2C3)cc([N+](=O)[O-])c1. The zero-order valence-electron chi connectivity index (χ0n) is 12.5. The standard InChI is InChI=1S/C16H23N3O2/c1-2-5-17-13-8-14(10-15(9-13)19(20)21)18-16-7-11-3-4-12(16)6-11/h8-12,16-18H,2-7H2,1H3. The molecular formula is C16H23N3O2. The number of rotatable bonds is 6. The van der Waals surface area contributed by atoms with E-state index >= 15 is 0 Å². The Labute approximate surface area is 125 Å². The number of nitro benzene ring substituents is 1. The Morgan fingerprint density at radius 3 is 2.67 bits per heavy atom. The largest absolute Gasteiger partial charge is 0.385 e. The molecule has 0 heterocycles. The summed E-state index contributed by atoms with van der Waals surface area (Å²) in [7, 11) is 0. The molecule has 0 aliphatic heterocycles. The van der Waals surface area contributed by atoms with Crippen LogP contribution in [0.4, 0.5) is 17.1 Å². The van der Waals surface area contributed by atoms with Gasteiger partial charge in [0.2, 0.25) is 0 Å². The second-order valence-electron chi connectivity index (χ2n) is 6.38. The van der Waals surface area contributed by atoms with Gasteiger partial charge in [0.15, 0.2) is 0 Å². The molecule has 0 spiro atoms. The van der Waals surface area contributed by atoms with Crippen LogP contribution in [-0.4, -0.2) is 17.5 Å². The Bertz CT molecular complexity index is 532. The second-order valence-corrected chi connectivity index (χ2v) is 6.38. The zero-order valence-corrected chi connectivity index (χ0v) is 12.5. The lowest BCUT2D eigenvalue weighted by Crippen LogP contribution is -2.25. The van der Waals surface area contributed by atoms with E-state index in [9.17, 15) is 10.1 Å². The maximum atomic E-state index is 11.1. The van der Waals surface area contributed by atoms with Crippen LogP contribution < -0.4 is 10.6 Å². The molecular weight excluding hydrogens is 266 g/mol. The molecule has 21 heavy (non-hydrogen) atoms. The Kier molecular flexibility index (Phi) is 3.99. The molecule has 3 unspecified atom stereocenters. The van der Waals surface area contributed by atoms with E-state index in [2.05, 4.69) is 17.6 Å². The van der Waals surface area contributed by atoms with Crippen molar-refractivity contribution in [2.75, 3.05) is 17.2 Å². The van der Waals surface area contributed by atoms with E-state index < -0.39 is 0 Å². The molecule has 0 saturated heterocycles. The van der Waals surface area contributed by atoms with Gasteiger partial charge in [0.05, 0.1) is 4.92 Å². The van der Waals surface area contributed by atoms with E-state index in [1.54, 1.807) is 12.1 Å². The van der Waals surface area contributed by atoms with Crippen LogP contribution in [0.1, 0.15) is 39.0 Å². The third kappa shape index (κ3) is 3.12. The number of nitro groups is 1. The Morgan fingerprint density at radius 1 is 1.24 bits per heavy atom. The summed E-state index contributed by atoms with van der Waals surface area (Å²) in [6.45, 7) is 2.91. The second kappa shape index (κ2) is 5.92. The van der Waals surface area contributed by atoms with E-state index in [1.807, 2.05) is 6.07 Å². The summed E-state index contributed by atoms with van der Waals surface area (Å²) >= 11 is 0. The van der Waals surface area contributed by atoms with Crippen LogP contribution in [0.5, 0.6) is 0 Å². The predicted molar refractivity (Wildman–Crippen MR) is 84.7 cm³/mol. The summed E-state index contributed by atoms with van der Waals surface area (Å²) in [6, 6.07) is 5.75. The molecule has 0 radical (unpaired) electrons. The average Bonchev–Trinajstić information content (AvgIpc) is 3.07. The van der Waals surface area contributed by atoms with Gasteiger partial charge >= 0.3 is 0 Å². The summed E-state index contributed by atoms with van der Waals surface area (Å²) in [5.74, 6) is 1.62. The van der Waals surface area contributed by atoms with Crippen molar-refractivity contribution in [3.8, 4) is 0 Å². The summed E-state index contributed by atoms with van der Waals surface area (Å²) in [5, 5.41) is 17.9. The smallest absolute Gasteiger partial charge is 0.273 e. The highest BCUT2D eigenvalue weighted by atomic mass is 16.6. The van der Waals surface area contributed by atoms with E-state index in [4.69, 9.17) is 0 Å². The third-order valence-corrected chi connectivity index (χ3v) is 4.80. The zero-order chi connectivity index (χ0) is 14.8. The van der Waals surface area contributed by atoms with E-state index in [0.29, 0.717) is 6.04 Å². The van der Waals surface area contributed by atoms with Gasteiger partial charge in [-0.15, -0.1) is 0 Å². The Balaban J connectivity index is 1.76. The molecule has 2 aliphatic carbocycles. The molecule has 2 saturated carbocycles. The maximum Gasteiger partial charge on any atom is 0.273 e. The van der Waals surface area contributed by atoms with Crippen LogP contribution in [0.2, 0.25) is 0 Å². The van der Waals surface area contributed by atoms with Gasteiger partial charge in [-0.3, -0.25) is 10.1 Å². The minimum atomic E-state index is -0.316. The van der Waals surface area contributed by atoms with Gasteiger partial charge in [-0.2, -0.15) is 0 Å². The summed E-state index contributed by atoms with van der Waals surface area (Å²) in [6.07, 6.45) is 6.20. The number of nitrogens with one attached hydrogen (secondary N) is 2. The minimum absolute atomic E-state index is 0.154. The van der Waals surface area contributed by atoms with E-state index in [-0.39, 0.29) is 10.6 Å². The number of hydrogen-bond donors (Lipinski definition) is 2. The van der Waals surface area contributed by atoms with Crippen LogP contribution >= 0.6 is 0 Å². The first-order valence-electron chi connectivity index (χ1n) is 7.95. The molecule has 114 valence electrons. The lowest BCUT2D eigenvalue weighted by Gasteiger charge is -2.24. The number of fused-ring (bicyclic) bond motifs is 2. The topological polar surface area (TPSA) is 67.2 Å². The number of non-ortho nitro benzene ring substituents is 1. The van der Waals surface area contributed by atoms with Crippen LogP contribution in [0, 0.1) is 22.0 Å². The number of anilines is 2. The van der Waals surface area contributed by atoms with Gasteiger partial charge in [0, 0.05) is 36.1 Å². The monoisotopic (exact) mass is 289 g/mol. The summed E-state index contributed by atoms with van der Waals surface area (Å²) in [5.41, 5.74) is 1.86. The molecule has 0 amide bonds. The quantitative estimate of drug-likeness (QED) is 0.613. The lowest BCUT2D eigenvalue weighted by atomic mass is 9.95. The molecule has 1 aromatic carbocycles. The molecule has 5 nitrogen and oxygen atoms in total. The highest BCUT2D eigenvalue weighted by Gasteiger charge is 2.39. The van der Waals surface area contributed by atoms with Gasteiger partial charge in [-0.1, -0.05) is 13.3 Å².